The molecule has 15 nitrogen and oxygen atoms in total. The van der Waals surface area contributed by atoms with Crippen molar-refractivity contribution in [3.05, 3.63) is 42.0 Å². The molecule has 0 aliphatic carbocycles. The smallest absolute Gasteiger partial charge is 0.328 e. The van der Waals surface area contributed by atoms with Crippen molar-refractivity contribution in [3.63, 3.8) is 0 Å². The summed E-state index contributed by atoms with van der Waals surface area (Å²) in [5.41, 5.74) is 0.318. The summed E-state index contributed by atoms with van der Waals surface area (Å²) in [4.78, 5) is 70.3. The maximum absolute atomic E-state index is 13.8. The summed E-state index contributed by atoms with van der Waals surface area (Å²) in [7, 11) is 0. The number of aromatic hydroxyl groups is 1. The second-order valence-corrected chi connectivity index (χ2v) is 16.5. The Bertz CT molecular complexity index is 1590. The maximum Gasteiger partial charge on any atom is 0.328 e. The molecule has 1 aromatic rings. The molecule has 3 rings (SSSR count). The number of allylic oxidation sites excluding steroid dienone is 1. The number of benzene rings is 1. The second kappa shape index (κ2) is 30.2. The molecule has 0 unspecified atom stereocenters. The Hall–Kier alpha value is -3.98. The predicted molar refractivity (Wildman–Crippen MR) is 232 cm³/mol. The van der Waals surface area contributed by atoms with Crippen LogP contribution in [0.4, 0.5) is 0 Å². The zero-order chi connectivity index (χ0) is 44.6. The van der Waals surface area contributed by atoms with Gasteiger partial charge in [-0.3, -0.25) is 29.6 Å². The Kier molecular flexibility index (Phi) is 26.3. The van der Waals surface area contributed by atoms with Crippen LogP contribution in [0.2, 0.25) is 0 Å². The summed E-state index contributed by atoms with van der Waals surface area (Å²) in [6.07, 6.45) is 19.9. The number of rotatable bonds is 28. The standard InChI is InChI=1S/C46H73N5O10.Fe/c1-5-7-8-9-10-11-12-13-14-15-16-17-18-19-30-40(53)50(58)31-24-23-28-37(48-43(55)41-34(4)60-44(49-41)35-26-20-21-29-38(35)52)46(57)61-39(6-2)33(3)42(54)47-36-27-22-25-32-51(59)45(36)56;/h19-21,26,29-30,33-34,36-37,39,41,52,58-59H,5-18,22-25,27-28,31-32H2,1-4H3,(H,47,54)(H,48,55);/b30-19-;/t33-,34+,36-,37-,39+,41-;/m0./s1. The fourth-order valence-corrected chi connectivity index (χ4v) is 7.56. The minimum Gasteiger partial charge on any atom is -0.507 e. The SMILES string of the molecule is CCCCCCCCCCCCCC/C=C\C(=O)N(O)CCCC[C@H](NC(=O)[C@H]1N=C(c2ccccc2O)O[C@@H]1C)C(=O)O[C@H](CC)[C@H](C)C(=O)N[C@H]1CCCCN(O)C1=O.[Fe]. The number of nitrogens with one attached hydrogen (secondary N) is 2. The minimum absolute atomic E-state index is 0. The summed E-state index contributed by atoms with van der Waals surface area (Å²) in [6, 6.07) is 3.29. The third kappa shape index (κ3) is 18.8. The van der Waals surface area contributed by atoms with Crippen molar-refractivity contribution >= 4 is 35.5 Å². The zero-order valence-electron chi connectivity index (χ0n) is 37.4. The van der Waals surface area contributed by atoms with Gasteiger partial charge in [0, 0.05) is 36.2 Å². The van der Waals surface area contributed by atoms with Gasteiger partial charge in [-0.25, -0.2) is 19.9 Å². The van der Waals surface area contributed by atoms with Gasteiger partial charge in [-0.1, -0.05) is 110 Å². The van der Waals surface area contributed by atoms with Gasteiger partial charge in [0.25, 0.3) is 11.8 Å². The molecule has 1 fully saturated rings. The van der Waals surface area contributed by atoms with E-state index < -0.39 is 65.8 Å². The Morgan fingerprint density at radius 3 is 2.26 bits per heavy atom. The summed E-state index contributed by atoms with van der Waals surface area (Å²) in [5.74, 6) is -3.91. The zero-order valence-corrected chi connectivity index (χ0v) is 38.5. The van der Waals surface area contributed by atoms with Gasteiger partial charge < -0.3 is 25.2 Å². The van der Waals surface area contributed by atoms with Crippen LogP contribution in [0.15, 0.2) is 41.4 Å². The van der Waals surface area contributed by atoms with Crippen molar-refractivity contribution in [1.29, 1.82) is 0 Å². The van der Waals surface area contributed by atoms with E-state index in [1.807, 2.05) is 0 Å². The molecule has 0 aromatic heterocycles. The van der Waals surface area contributed by atoms with E-state index in [1.54, 1.807) is 45.0 Å². The molecule has 1 aromatic carbocycles. The van der Waals surface area contributed by atoms with Crippen LogP contribution in [0.1, 0.15) is 162 Å². The normalized spacial score (nSPS) is 19.1. The predicted octanol–water partition coefficient (Wildman–Crippen LogP) is 7.29. The van der Waals surface area contributed by atoms with Gasteiger partial charge in [0.2, 0.25) is 17.7 Å². The van der Waals surface area contributed by atoms with E-state index in [-0.39, 0.29) is 54.6 Å². The van der Waals surface area contributed by atoms with Crippen LogP contribution in [0.3, 0.4) is 0 Å². The molecule has 0 saturated carbocycles. The number of carbonyl (C=O) groups excluding carboxylic acids is 5. The number of esters is 1. The van der Waals surface area contributed by atoms with Crippen molar-refractivity contribution in [1.82, 2.24) is 20.8 Å². The van der Waals surface area contributed by atoms with Crippen molar-refractivity contribution < 1.29 is 66.0 Å². The molecular formula is C46H73FeN5O10. The fraction of sp³-hybridized carbons (Fsp3) is 0.696. The van der Waals surface area contributed by atoms with Gasteiger partial charge in [-0.2, -0.15) is 0 Å². The molecule has 2 heterocycles. The number of ether oxygens (including phenoxy) is 2. The number of hydroxylamine groups is 4. The van der Waals surface area contributed by atoms with Crippen LogP contribution < -0.4 is 10.6 Å². The number of phenols is 1. The Morgan fingerprint density at radius 1 is 0.968 bits per heavy atom. The van der Waals surface area contributed by atoms with Crippen LogP contribution in [0.25, 0.3) is 0 Å². The van der Waals surface area contributed by atoms with E-state index in [1.165, 1.54) is 76.4 Å². The number of aliphatic imine (C=N–C) groups is 1. The number of hydrogen-bond donors (Lipinski definition) is 5. The molecule has 62 heavy (non-hydrogen) atoms. The first-order valence-electron chi connectivity index (χ1n) is 22.9. The number of hydrogen-bond acceptors (Lipinski definition) is 11. The molecule has 6 atom stereocenters. The van der Waals surface area contributed by atoms with Crippen LogP contribution in [-0.2, 0) is 50.5 Å². The van der Waals surface area contributed by atoms with E-state index in [9.17, 15) is 39.5 Å². The molecule has 2 aliphatic rings. The number of phenolic OH excluding ortho intramolecular Hbond substituents is 1. The van der Waals surface area contributed by atoms with E-state index in [0.717, 1.165) is 19.3 Å². The second-order valence-electron chi connectivity index (χ2n) is 16.5. The van der Waals surface area contributed by atoms with Gasteiger partial charge in [-0.05, 0) is 76.8 Å². The number of amides is 4. The summed E-state index contributed by atoms with van der Waals surface area (Å²) < 4.78 is 11.7. The Labute approximate surface area is 379 Å². The average molecular weight is 912 g/mol. The first kappa shape index (κ1) is 54.2. The number of unbranched alkanes of at least 4 members (excludes halogenated alkanes) is 13. The molecule has 5 N–H and O–H groups in total. The molecule has 0 spiro atoms. The van der Waals surface area contributed by atoms with Gasteiger partial charge in [0.05, 0.1) is 11.5 Å². The van der Waals surface area contributed by atoms with Gasteiger partial charge in [0.15, 0.2) is 6.04 Å². The number of para-hydroxylation sites is 1. The van der Waals surface area contributed by atoms with E-state index >= 15 is 0 Å². The van der Waals surface area contributed by atoms with Crippen LogP contribution >= 0.6 is 0 Å². The molecule has 0 bridgehead atoms. The van der Waals surface area contributed by atoms with E-state index in [4.69, 9.17) is 9.47 Å². The van der Waals surface area contributed by atoms with E-state index in [2.05, 4.69) is 22.5 Å². The molecule has 350 valence electrons. The molecule has 16 heteroatoms. The van der Waals surface area contributed by atoms with Gasteiger partial charge in [0.1, 0.15) is 30.0 Å². The quantitative estimate of drug-likeness (QED) is 0.0142. The monoisotopic (exact) mass is 911 g/mol. The van der Waals surface area contributed by atoms with Crippen molar-refractivity contribution in [3.8, 4) is 5.75 Å². The first-order valence-corrected chi connectivity index (χ1v) is 22.9. The third-order valence-corrected chi connectivity index (χ3v) is 11.5. The van der Waals surface area contributed by atoms with Crippen molar-refractivity contribution in [2.75, 3.05) is 13.1 Å². The number of carbonyl (C=O) groups is 5. The van der Waals surface area contributed by atoms with Crippen LogP contribution in [0.5, 0.6) is 5.75 Å². The minimum atomic E-state index is -1.18. The largest absolute Gasteiger partial charge is 0.507 e. The van der Waals surface area contributed by atoms with Crippen LogP contribution in [0, 0.1) is 5.92 Å². The molecule has 2 aliphatic heterocycles. The number of nitrogens with zero attached hydrogens (tertiary/aromatic N) is 3. The molecule has 1 saturated heterocycles. The van der Waals surface area contributed by atoms with Crippen molar-refractivity contribution in [2.45, 2.75) is 186 Å². The molecular weight excluding hydrogens is 838 g/mol. The van der Waals surface area contributed by atoms with Gasteiger partial charge in [-0.15, -0.1) is 0 Å². The average Bonchev–Trinajstić information content (AvgIpc) is 3.57. The van der Waals surface area contributed by atoms with Crippen LogP contribution in [-0.4, -0.2) is 105 Å². The summed E-state index contributed by atoms with van der Waals surface area (Å²) in [6.45, 7) is 7.39. The summed E-state index contributed by atoms with van der Waals surface area (Å²) >= 11 is 0. The topological polar surface area (TPSA) is 207 Å². The summed E-state index contributed by atoms with van der Waals surface area (Å²) in [5, 5.41) is 37.4. The molecule has 0 radical (unpaired) electrons. The van der Waals surface area contributed by atoms with E-state index in [0.29, 0.717) is 47.8 Å². The van der Waals surface area contributed by atoms with Crippen molar-refractivity contribution in [2.24, 2.45) is 10.9 Å². The third-order valence-electron chi connectivity index (χ3n) is 11.5. The maximum atomic E-state index is 13.8. The fourth-order valence-electron chi connectivity index (χ4n) is 7.56. The first-order chi connectivity index (χ1) is 29.4. The van der Waals surface area contributed by atoms with Gasteiger partial charge >= 0.3 is 5.97 Å². The molecule has 4 amide bonds. The Balaban J connectivity index is 0.0000132. The Morgan fingerprint density at radius 2 is 1.61 bits per heavy atom.